The molecule has 2 rings (SSSR count). The molecule has 0 aliphatic rings. The Bertz CT molecular complexity index is 560. The van der Waals surface area contributed by atoms with Crippen LogP contribution in [0.5, 0.6) is 0 Å². The first-order valence-corrected chi connectivity index (χ1v) is 5.05. The highest BCUT2D eigenvalue weighted by Crippen LogP contribution is 2.11. The molecule has 0 unspecified atom stereocenters. The largest absolute Gasteiger partial charge is 0.326 e. The normalized spacial score (nSPS) is 10.4. The molecule has 0 aliphatic carbocycles. The van der Waals surface area contributed by atoms with Crippen LogP contribution in [0.3, 0.4) is 0 Å². The van der Waals surface area contributed by atoms with E-state index in [0.29, 0.717) is 5.56 Å². The maximum atomic E-state index is 11.3. The van der Waals surface area contributed by atoms with E-state index < -0.39 is 0 Å². The summed E-state index contributed by atoms with van der Waals surface area (Å²) in [5.41, 5.74) is 7.87. The van der Waals surface area contributed by atoms with Crippen LogP contribution < -0.4 is 11.3 Å². The second kappa shape index (κ2) is 4.28. The van der Waals surface area contributed by atoms with Gasteiger partial charge in [0.15, 0.2) is 0 Å². The summed E-state index contributed by atoms with van der Waals surface area (Å²) in [6.07, 6.45) is 3.25. The van der Waals surface area contributed by atoms with E-state index in [4.69, 9.17) is 5.73 Å². The number of rotatable bonds is 2. The molecule has 4 heteroatoms. The van der Waals surface area contributed by atoms with E-state index in [1.807, 2.05) is 35.8 Å². The zero-order valence-corrected chi connectivity index (χ0v) is 9.05. The van der Waals surface area contributed by atoms with Gasteiger partial charge in [0.2, 0.25) is 0 Å². The number of aromatic nitrogens is 2. The van der Waals surface area contributed by atoms with Crippen LogP contribution in [0.2, 0.25) is 0 Å². The van der Waals surface area contributed by atoms with Gasteiger partial charge in [-0.2, -0.15) is 4.98 Å². The second-order valence-corrected chi connectivity index (χ2v) is 3.60. The molecule has 0 atom stereocenters. The topological polar surface area (TPSA) is 60.9 Å². The van der Waals surface area contributed by atoms with Crippen molar-refractivity contribution in [3.8, 4) is 5.69 Å². The standard InChI is InChI=1S/C12H13N3O/c1-9-4-2-3-5-11(9)15-7-10(6-13)12(16)14-8-15/h2-5,7-8H,6,13H2,1H3. The third kappa shape index (κ3) is 1.87. The third-order valence-corrected chi connectivity index (χ3v) is 2.48. The third-order valence-electron chi connectivity index (χ3n) is 2.48. The van der Waals surface area contributed by atoms with Crippen LogP contribution in [-0.4, -0.2) is 9.55 Å². The van der Waals surface area contributed by atoms with Crippen LogP contribution in [0.15, 0.2) is 41.6 Å². The lowest BCUT2D eigenvalue weighted by Gasteiger charge is -2.09. The molecule has 0 saturated heterocycles. The number of hydrogen-bond donors (Lipinski definition) is 1. The van der Waals surface area contributed by atoms with E-state index in [-0.39, 0.29) is 12.1 Å². The minimum atomic E-state index is -0.257. The smallest absolute Gasteiger partial charge is 0.277 e. The predicted molar refractivity (Wildman–Crippen MR) is 62.5 cm³/mol. The van der Waals surface area contributed by atoms with Crippen LogP contribution in [-0.2, 0) is 6.54 Å². The predicted octanol–water partition coefficient (Wildman–Crippen LogP) is 1.000. The number of aryl methyl sites for hydroxylation is 1. The second-order valence-electron chi connectivity index (χ2n) is 3.60. The lowest BCUT2D eigenvalue weighted by atomic mass is 10.2. The fraction of sp³-hybridized carbons (Fsp3) is 0.167. The SMILES string of the molecule is Cc1ccccc1-n1cnc(=O)c(CN)c1. The van der Waals surface area contributed by atoms with E-state index in [0.717, 1.165) is 11.3 Å². The lowest BCUT2D eigenvalue weighted by molar-refractivity contribution is 0.894. The Balaban J connectivity index is 2.57. The Morgan fingerprint density at radius 3 is 2.81 bits per heavy atom. The summed E-state index contributed by atoms with van der Waals surface area (Å²) in [6.45, 7) is 2.22. The quantitative estimate of drug-likeness (QED) is 0.813. The van der Waals surface area contributed by atoms with Gasteiger partial charge in [-0.25, -0.2) is 0 Å². The monoisotopic (exact) mass is 215 g/mol. The van der Waals surface area contributed by atoms with Crippen molar-refractivity contribution >= 4 is 0 Å². The lowest BCUT2D eigenvalue weighted by Crippen LogP contribution is -2.18. The van der Waals surface area contributed by atoms with Gasteiger partial charge in [-0.15, -0.1) is 0 Å². The maximum absolute atomic E-state index is 11.3. The van der Waals surface area contributed by atoms with Crippen LogP contribution in [0.4, 0.5) is 0 Å². The molecule has 1 heterocycles. The molecule has 0 saturated carbocycles. The van der Waals surface area contributed by atoms with Gasteiger partial charge in [0.1, 0.15) is 6.33 Å². The van der Waals surface area contributed by atoms with Crippen LogP contribution in [0.1, 0.15) is 11.1 Å². The molecule has 0 fully saturated rings. The molecule has 0 radical (unpaired) electrons. The van der Waals surface area contributed by atoms with Crippen LogP contribution >= 0.6 is 0 Å². The number of para-hydroxylation sites is 1. The zero-order valence-electron chi connectivity index (χ0n) is 9.05. The Kier molecular flexibility index (Phi) is 2.83. The maximum Gasteiger partial charge on any atom is 0.277 e. The van der Waals surface area contributed by atoms with E-state index in [1.165, 1.54) is 6.33 Å². The summed E-state index contributed by atoms with van der Waals surface area (Å²) >= 11 is 0. The molecule has 4 nitrogen and oxygen atoms in total. The van der Waals surface area contributed by atoms with Gasteiger partial charge >= 0.3 is 0 Å². The first kappa shape index (κ1) is 10.6. The molecule has 0 amide bonds. The average Bonchev–Trinajstić information content (AvgIpc) is 2.31. The first-order valence-electron chi connectivity index (χ1n) is 5.05. The molecule has 1 aromatic carbocycles. The summed E-state index contributed by atoms with van der Waals surface area (Å²) in [4.78, 5) is 15.1. The van der Waals surface area contributed by atoms with Crippen molar-refractivity contribution in [2.75, 3.05) is 0 Å². The Labute approximate surface area is 93.4 Å². The number of nitrogens with two attached hydrogens (primary N) is 1. The van der Waals surface area contributed by atoms with Crippen molar-refractivity contribution in [1.29, 1.82) is 0 Å². The highest BCUT2D eigenvalue weighted by atomic mass is 16.1. The molecule has 16 heavy (non-hydrogen) atoms. The highest BCUT2D eigenvalue weighted by Gasteiger charge is 2.02. The van der Waals surface area contributed by atoms with Gasteiger partial charge in [0.25, 0.3) is 5.56 Å². The van der Waals surface area contributed by atoms with Crippen molar-refractivity contribution in [3.05, 3.63) is 58.3 Å². The van der Waals surface area contributed by atoms with Gasteiger partial charge in [-0.05, 0) is 18.6 Å². The molecular weight excluding hydrogens is 202 g/mol. The number of benzene rings is 1. The Morgan fingerprint density at radius 2 is 2.12 bits per heavy atom. The molecule has 2 aromatic rings. The summed E-state index contributed by atoms with van der Waals surface area (Å²) in [5.74, 6) is 0. The van der Waals surface area contributed by atoms with Crippen molar-refractivity contribution in [3.63, 3.8) is 0 Å². The fourth-order valence-electron chi connectivity index (χ4n) is 1.58. The van der Waals surface area contributed by atoms with Gasteiger partial charge in [0, 0.05) is 24.0 Å². The van der Waals surface area contributed by atoms with E-state index in [2.05, 4.69) is 4.98 Å². The summed E-state index contributed by atoms with van der Waals surface area (Å²) < 4.78 is 1.82. The minimum Gasteiger partial charge on any atom is -0.326 e. The van der Waals surface area contributed by atoms with E-state index >= 15 is 0 Å². The number of hydrogen-bond acceptors (Lipinski definition) is 3. The molecule has 0 bridgehead atoms. The van der Waals surface area contributed by atoms with Crippen molar-refractivity contribution in [2.45, 2.75) is 13.5 Å². The molecule has 1 aromatic heterocycles. The van der Waals surface area contributed by atoms with Crippen molar-refractivity contribution in [1.82, 2.24) is 9.55 Å². The van der Waals surface area contributed by atoms with Crippen LogP contribution in [0, 0.1) is 6.92 Å². The summed E-state index contributed by atoms with van der Waals surface area (Å²) in [7, 11) is 0. The average molecular weight is 215 g/mol. The first-order chi connectivity index (χ1) is 7.72. The van der Waals surface area contributed by atoms with Gasteiger partial charge in [-0.3, -0.25) is 4.79 Å². The van der Waals surface area contributed by atoms with E-state index in [1.54, 1.807) is 6.20 Å². The van der Waals surface area contributed by atoms with Gasteiger partial charge in [-0.1, -0.05) is 18.2 Å². The van der Waals surface area contributed by atoms with Crippen molar-refractivity contribution < 1.29 is 0 Å². The highest BCUT2D eigenvalue weighted by molar-refractivity contribution is 5.40. The molecular formula is C12H13N3O. The van der Waals surface area contributed by atoms with Gasteiger partial charge in [0.05, 0.1) is 0 Å². The van der Waals surface area contributed by atoms with Gasteiger partial charge < -0.3 is 10.3 Å². The number of nitrogens with zero attached hydrogens (tertiary/aromatic N) is 2. The zero-order chi connectivity index (χ0) is 11.5. The minimum absolute atomic E-state index is 0.207. The van der Waals surface area contributed by atoms with E-state index in [9.17, 15) is 4.79 Å². The molecule has 82 valence electrons. The Hall–Kier alpha value is -1.94. The summed E-state index contributed by atoms with van der Waals surface area (Å²) in [6, 6.07) is 7.90. The molecule has 0 spiro atoms. The van der Waals surface area contributed by atoms with Crippen LogP contribution in [0.25, 0.3) is 5.69 Å². The fourth-order valence-corrected chi connectivity index (χ4v) is 1.58. The molecule has 2 N–H and O–H groups in total. The Morgan fingerprint density at radius 1 is 1.38 bits per heavy atom. The molecule has 0 aliphatic heterocycles. The van der Waals surface area contributed by atoms with Crippen molar-refractivity contribution in [2.24, 2.45) is 5.73 Å². The summed E-state index contributed by atoms with van der Waals surface area (Å²) in [5, 5.41) is 0.